The van der Waals surface area contributed by atoms with Gasteiger partial charge in [-0.3, -0.25) is 5.01 Å². The average Bonchev–Trinajstić information content (AvgIpc) is 2.48. The molecule has 0 aromatic heterocycles. The van der Waals surface area contributed by atoms with Crippen molar-refractivity contribution in [2.24, 2.45) is 5.10 Å². The Kier molecular flexibility index (Phi) is 5.83. The Labute approximate surface area is 153 Å². The van der Waals surface area contributed by atoms with Crippen LogP contribution in [0.5, 0.6) is 0 Å². The number of hydrogen-bond acceptors (Lipinski definition) is 3. The third-order valence-corrected chi connectivity index (χ3v) is 10.3. The summed E-state index contributed by atoms with van der Waals surface area (Å²) in [7, 11) is 0.258. The van der Waals surface area contributed by atoms with Gasteiger partial charge in [0.25, 0.3) is 0 Å². The summed E-state index contributed by atoms with van der Waals surface area (Å²) in [6.45, 7) is 14.1. The van der Waals surface area contributed by atoms with Crippen LogP contribution < -0.4 is 0 Å². The van der Waals surface area contributed by atoms with Gasteiger partial charge < -0.3 is 4.43 Å². The summed E-state index contributed by atoms with van der Waals surface area (Å²) >= 11 is 6.42. The number of nitrogens with zero attached hydrogens (tertiary/aromatic N) is 2. The van der Waals surface area contributed by atoms with E-state index in [1.165, 1.54) is 0 Å². The summed E-state index contributed by atoms with van der Waals surface area (Å²) in [6.07, 6.45) is 2.14. The van der Waals surface area contributed by atoms with E-state index in [1.807, 2.05) is 13.1 Å². The maximum absolute atomic E-state index is 6.42. The van der Waals surface area contributed by atoms with Crippen molar-refractivity contribution in [3.8, 4) is 0 Å². The van der Waals surface area contributed by atoms with Crippen LogP contribution in [0.15, 0.2) is 23.3 Å². The molecular formula is C19H31ClN2OSi. The van der Waals surface area contributed by atoms with Crippen molar-refractivity contribution < 1.29 is 4.43 Å². The van der Waals surface area contributed by atoms with Gasteiger partial charge in [0.15, 0.2) is 8.32 Å². The Morgan fingerprint density at radius 2 is 2.00 bits per heavy atom. The van der Waals surface area contributed by atoms with Crippen molar-refractivity contribution in [3.63, 3.8) is 0 Å². The Morgan fingerprint density at radius 3 is 2.58 bits per heavy atom. The summed E-state index contributed by atoms with van der Waals surface area (Å²) < 4.78 is 6.35. The molecule has 3 nitrogen and oxygen atoms in total. The van der Waals surface area contributed by atoms with Gasteiger partial charge in [-0.25, -0.2) is 0 Å². The molecule has 0 bridgehead atoms. The van der Waals surface area contributed by atoms with Crippen LogP contribution in [0, 0.1) is 0 Å². The fraction of sp³-hybridized carbons (Fsp3) is 0.632. The van der Waals surface area contributed by atoms with Gasteiger partial charge in [-0.1, -0.05) is 38.4 Å². The normalized spacial score (nSPS) is 19.4. The molecule has 2 rings (SSSR count). The zero-order valence-electron chi connectivity index (χ0n) is 16.1. The SMILES string of the molecule is CC1CCC(c2ccc(Cl)c(CO[Si](C)(C)C(C)(C)C)c2)=NN1C. The van der Waals surface area contributed by atoms with E-state index < -0.39 is 8.32 Å². The Balaban J connectivity index is 2.19. The predicted molar refractivity (Wildman–Crippen MR) is 106 cm³/mol. The van der Waals surface area contributed by atoms with Crippen LogP contribution in [0.1, 0.15) is 51.7 Å². The van der Waals surface area contributed by atoms with Crippen LogP contribution in [-0.4, -0.2) is 32.1 Å². The van der Waals surface area contributed by atoms with Crippen LogP contribution in [0.25, 0.3) is 0 Å². The Morgan fingerprint density at radius 1 is 1.33 bits per heavy atom. The largest absolute Gasteiger partial charge is 0.413 e. The Hall–Kier alpha value is -0.843. The molecule has 0 aliphatic carbocycles. The van der Waals surface area contributed by atoms with E-state index in [2.05, 4.69) is 57.9 Å². The van der Waals surface area contributed by atoms with Gasteiger partial charge in [-0.05, 0) is 61.2 Å². The van der Waals surface area contributed by atoms with Gasteiger partial charge in [0, 0.05) is 18.1 Å². The summed E-state index contributed by atoms with van der Waals surface area (Å²) in [5.41, 5.74) is 3.36. The van der Waals surface area contributed by atoms with Crippen LogP contribution in [0.2, 0.25) is 23.2 Å². The van der Waals surface area contributed by atoms with Crippen LogP contribution in [0.4, 0.5) is 0 Å². The molecule has 24 heavy (non-hydrogen) atoms. The minimum atomic E-state index is -1.78. The molecule has 5 heteroatoms. The first-order valence-corrected chi connectivity index (χ1v) is 12.0. The summed E-state index contributed by atoms with van der Waals surface area (Å²) in [6, 6.07) is 6.70. The quantitative estimate of drug-likeness (QED) is 0.640. The smallest absolute Gasteiger partial charge is 0.192 e. The summed E-state index contributed by atoms with van der Waals surface area (Å²) in [5.74, 6) is 0. The molecule has 1 aromatic rings. The van der Waals surface area contributed by atoms with Gasteiger partial charge in [-0.15, -0.1) is 0 Å². The lowest BCUT2D eigenvalue weighted by molar-refractivity contribution is 0.246. The van der Waals surface area contributed by atoms with Crippen LogP contribution in [-0.2, 0) is 11.0 Å². The molecule has 0 amide bonds. The fourth-order valence-corrected chi connectivity index (χ4v) is 3.53. The molecule has 0 N–H and O–H groups in total. The maximum Gasteiger partial charge on any atom is 0.192 e. The van der Waals surface area contributed by atoms with Crippen LogP contribution >= 0.6 is 11.6 Å². The lowest BCUT2D eigenvalue weighted by Crippen LogP contribution is -2.40. The first-order valence-electron chi connectivity index (χ1n) is 8.74. The second kappa shape index (κ2) is 7.18. The number of hydrogen-bond donors (Lipinski definition) is 0. The van der Waals surface area contributed by atoms with Crippen molar-refractivity contribution in [3.05, 3.63) is 34.3 Å². The molecule has 1 aliphatic rings. The molecular weight excluding hydrogens is 336 g/mol. The standard InChI is InChI=1S/C19H31ClN2OSi/c1-14-8-11-18(21-22(14)5)15-9-10-17(20)16(12-15)13-23-24(6,7)19(2,3)4/h9-10,12,14H,8,11,13H2,1-7H3. The fourth-order valence-electron chi connectivity index (χ4n) is 2.41. The second-order valence-electron chi connectivity index (χ2n) is 8.36. The third kappa shape index (κ3) is 4.41. The summed E-state index contributed by atoms with van der Waals surface area (Å²) in [5, 5.41) is 7.75. The highest BCUT2D eigenvalue weighted by Gasteiger charge is 2.37. The lowest BCUT2D eigenvalue weighted by Gasteiger charge is -2.36. The topological polar surface area (TPSA) is 24.8 Å². The highest BCUT2D eigenvalue weighted by Crippen LogP contribution is 2.37. The Bertz CT molecular complexity index is 622. The molecule has 0 saturated heterocycles. The molecule has 1 aromatic carbocycles. The van der Waals surface area contributed by atoms with Gasteiger partial charge in [0.2, 0.25) is 0 Å². The lowest BCUT2D eigenvalue weighted by atomic mass is 10.00. The minimum absolute atomic E-state index is 0.198. The molecule has 1 unspecified atom stereocenters. The van der Waals surface area contributed by atoms with Gasteiger partial charge >= 0.3 is 0 Å². The molecule has 1 atom stereocenters. The number of benzene rings is 1. The highest BCUT2D eigenvalue weighted by molar-refractivity contribution is 6.74. The zero-order valence-corrected chi connectivity index (χ0v) is 17.9. The van der Waals surface area contributed by atoms with E-state index >= 15 is 0 Å². The van der Waals surface area contributed by atoms with E-state index in [1.54, 1.807) is 0 Å². The molecule has 134 valence electrons. The molecule has 1 heterocycles. The van der Waals surface area contributed by atoms with Crippen molar-refractivity contribution in [2.75, 3.05) is 7.05 Å². The second-order valence-corrected chi connectivity index (χ2v) is 13.6. The first-order chi connectivity index (χ1) is 11.0. The highest BCUT2D eigenvalue weighted by atomic mass is 35.5. The van der Waals surface area contributed by atoms with E-state index in [-0.39, 0.29) is 5.04 Å². The van der Waals surface area contributed by atoms with E-state index in [9.17, 15) is 0 Å². The van der Waals surface area contributed by atoms with Crippen molar-refractivity contribution in [2.45, 2.75) is 71.3 Å². The van der Waals surface area contributed by atoms with Crippen LogP contribution in [0.3, 0.4) is 0 Å². The molecule has 0 saturated carbocycles. The van der Waals surface area contributed by atoms with Crippen molar-refractivity contribution in [1.29, 1.82) is 0 Å². The molecule has 0 radical (unpaired) electrons. The van der Waals surface area contributed by atoms with E-state index in [0.717, 1.165) is 34.7 Å². The predicted octanol–water partition coefficient (Wildman–Crippen LogP) is 5.68. The first kappa shape index (κ1) is 19.5. The van der Waals surface area contributed by atoms with E-state index in [0.29, 0.717) is 12.6 Å². The monoisotopic (exact) mass is 366 g/mol. The van der Waals surface area contributed by atoms with Crippen molar-refractivity contribution >= 4 is 25.6 Å². The van der Waals surface area contributed by atoms with Gasteiger partial charge in [0.05, 0.1) is 12.3 Å². The molecule has 1 aliphatic heterocycles. The van der Waals surface area contributed by atoms with E-state index in [4.69, 9.17) is 21.1 Å². The van der Waals surface area contributed by atoms with Gasteiger partial charge in [-0.2, -0.15) is 5.10 Å². The number of hydrazone groups is 1. The zero-order chi connectivity index (χ0) is 18.1. The molecule has 0 spiro atoms. The van der Waals surface area contributed by atoms with Crippen molar-refractivity contribution in [1.82, 2.24) is 5.01 Å². The summed E-state index contributed by atoms with van der Waals surface area (Å²) in [4.78, 5) is 0. The number of halogens is 1. The maximum atomic E-state index is 6.42. The average molecular weight is 367 g/mol. The van der Waals surface area contributed by atoms with Gasteiger partial charge in [0.1, 0.15) is 0 Å². The minimum Gasteiger partial charge on any atom is -0.413 e. The number of rotatable bonds is 4. The third-order valence-electron chi connectivity index (χ3n) is 5.49. The molecule has 0 fully saturated rings.